The smallest absolute Gasteiger partial charge is 0.142 e. The van der Waals surface area contributed by atoms with Crippen molar-refractivity contribution >= 4 is 7.85 Å². The van der Waals surface area contributed by atoms with Crippen LogP contribution < -0.4 is 0 Å². The van der Waals surface area contributed by atoms with Crippen LogP contribution in [-0.2, 0) is 4.74 Å². The second-order valence-electron chi connectivity index (χ2n) is 3.40. The summed E-state index contributed by atoms with van der Waals surface area (Å²) in [6.07, 6.45) is -2.14. The van der Waals surface area contributed by atoms with Gasteiger partial charge in [0.05, 0.1) is 29.7 Å². The quantitative estimate of drug-likeness (QED) is 0.437. The molecule has 0 bridgehead atoms. The van der Waals surface area contributed by atoms with E-state index in [9.17, 15) is 9.50 Å². The molecule has 2 aliphatic rings. The van der Waals surface area contributed by atoms with Gasteiger partial charge in [0.25, 0.3) is 0 Å². The van der Waals surface area contributed by atoms with Crippen molar-refractivity contribution in [1.29, 1.82) is 0 Å². The van der Waals surface area contributed by atoms with Crippen LogP contribution in [0.4, 0.5) is 4.39 Å². The fourth-order valence-corrected chi connectivity index (χ4v) is 1.92. The predicted octanol–water partition coefficient (Wildman–Crippen LogP) is -1.96. The van der Waals surface area contributed by atoms with E-state index in [-0.39, 0.29) is 6.00 Å². The number of rotatable bonds is 1. The average Bonchev–Trinajstić information content (AvgIpc) is 2.45. The maximum absolute atomic E-state index is 12.4. The maximum Gasteiger partial charge on any atom is 0.142 e. The fraction of sp³-hybridized carbons (Fsp3) is 1.00. The number of fused-ring (bicyclic) bond motifs is 1. The summed E-state index contributed by atoms with van der Waals surface area (Å²) in [5.41, 5.74) is -0.987. The molecule has 5 unspecified atom stereocenters. The van der Waals surface area contributed by atoms with E-state index in [2.05, 4.69) is 0 Å². The maximum atomic E-state index is 12.4. The van der Waals surface area contributed by atoms with Crippen LogP contribution in [0.15, 0.2) is 0 Å². The Morgan fingerprint density at radius 2 is 2.09 bits per heavy atom. The monoisotopic (exact) mass is 160 g/mol. The van der Waals surface area contributed by atoms with Crippen LogP contribution in [0, 0.1) is 5.41 Å². The van der Waals surface area contributed by atoms with E-state index >= 15 is 0 Å². The van der Waals surface area contributed by atoms with Gasteiger partial charge in [-0.25, -0.2) is 0 Å². The third-order valence-electron chi connectivity index (χ3n) is 2.85. The average molecular weight is 160 g/mol. The van der Waals surface area contributed by atoms with Crippen molar-refractivity contribution in [2.24, 2.45) is 5.41 Å². The number of alkyl halides is 1. The first-order valence-electron chi connectivity index (χ1n) is 3.72. The lowest BCUT2D eigenvalue weighted by atomic mass is 9.86. The molecule has 62 valence electrons. The third kappa shape index (κ3) is 0.642. The van der Waals surface area contributed by atoms with Crippen LogP contribution in [0.25, 0.3) is 0 Å². The highest BCUT2D eigenvalue weighted by Crippen LogP contribution is 2.57. The summed E-state index contributed by atoms with van der Waals surface area (Å²) in [6, 6.07) is -0.348. The number of aliphatic hydroxyl groups excluding tert-OH is 2. The largest absolute Gasteiger partial charge is 0.390 e. The minimum absolute atomic E-state index is 0.348. The molecule has 2 N–H and O–H groups in total. The molecule has 1 heterocycles. The van der Waals surface area contributed by atoms with Crippen molar-refractivity contribution in [1.82, 2.24) is 0 Å². The van der Waals surface area contributed by atoms with Crippen molar-refractivity contribution in [2.75, 3.05) is 6.67 Å². The van der Waals surface area contributed by atoms with Crippen molar-refractivity contribution in [3.05, 3.63) is 0 Å². The highest BCUT2D eigenvalue weighted by molar-refractivity contribution is 6.11. The predicted molar refractivity (Wildman–Crippen MR) is 37.6 cm³/mol. The molecule has 0 aromatic rings. The fourth-order valence-electron chi connectivity index (χ4n) is 1.92. The van der Waals surface area contributed by atoms with Gasteiger partial charge < -0.3 is 14.9 Å². The van der Waals surface area contributed by atoms with Gasteiger partial charge in [0, 0.05) is 0 Å². The first-order chi connectivity index (χ1) is 5.14. The van der Waals surface area contributed by atoms with Gasteiger partial charge in [0.2, 0.25) is 0 Å². The molecular formula is C6H10BFO3. The highest BCUT2D eigenvalue weighted by atomic mass is 19.1. The molecule has 0 aromatic carbocycles. The van der Waals surface area contributed by atoms with E-state index in [0.717, 1.165) is 0 Å². The minimum atomic E-state index is -0.987. The molecule has 2 fully saturated rings. The van der Waals surface area contributed by atoms with Gasteiger partial charge in [0.1, 0.15) is 14.5 Å². The Bertz CT molecular complexity index is 191. The van der Waals surface area contributed by atoms with E-state index in [1.807, 2.05) is 0 Å². The van der Waals surface area contributed by atoms with Gasteiger partial charge in [-0.05, 0) is 0 Å². The lowest BCUT2D eigenvalue weighted by molar-refractivity contribution is -0.00716. The number of ether oxygens (including phenoxy) is 1. The number of hydrogen-bond donors (Lipinski definition) is 2. The van der Waals surface area contributed by atoms with Crippen LogP contribution >= 0.6 is 0 Å². The van der Waals surface area contributed by atoms with Gasteiger partial charge in [-0.15, -0.1) is 0 Å². The molecule has 0 aromatic heterocycles. The number of hydrogen-bond acceptors (Lipinski definition) is 3. The molecule has 5 atom stereocenters. The SMILES string of the molecule is BC1OC2C(O)C2(CF)C1O. The molecule has 1 saturated heterocycles. The Morgan fingerprint density at radius 3 is 2.45 bits per heavy atom. The zero-order chi connectivity index (χ0) is 8.22. The molecule has 5 heteroatoms. The highest BCUT2D eigenvalue weighted by Gasteiger charge is 2.75. The van der Waals surface area contributed by atoms with E-state index < -0.39 is 30.4 Å². The van der Waals surface area contributed by atoms with Crippen LogP contribution in [0.1, 0.15) is 0 Å². The van der Waals surface area contributed by atoms with Crippen molar-refractivity contribution in [3.8, 4) is 0 Å². The van der Waals surface area contributed by atoms with Gasteiger partial charge in [-0.2, -0.15) is 0 Å². The van der Waals surface area contributed by atoms with E-state index in [0.29, 0.717) is 0 Å². The van der Waals surface area contributed by atoms with E-state index in [4.69, 9.17) is 9.84 Å². The standard InChI is InChI=1S/C6H10BFO3/c7-5-3(10)6(1-8)2(9)4(6)11-5/h2-5,9-10H,1,7H2. The molecule has 1 aliphatic carbocycles. The Hall–Kier alpha value is -0.125. The van der Waals surface area contributed by atoms with Gasteiger partial charge in [-0.3, -0.25) is 4.39 Å². The first kappa shape index (κ1) is 7.52. The Labute approximate surface area is 64.6 Å². The number of aliphatic hydroxyl groups is 2. The van der Waals surface area contributed by atoms with Crippen LogP contribution in [-0.4, -0.2) is 49.0 Å². The second kappa shape index (κ2) is 1.97. The topological polar surface area (TPSA) is 49.7 Å². The van der Waals surface area contributed by atoms with Crippen molar-refractivity contribution in [2.45, 2.75) is 24.3 Å². The molecule has 0 amide bonds. The molecular weight excluding hydrogens is 150 g/mol. The molecule has 11 heavy (non-hydrogen) atoms. The molecule has 1 aliphatic heterocycles. The molecule has 0 radical (unpaired) electrons. The summed E-state index contributed by atoms with van der Waals surface area (Å²) in [4.78, 5) is 0. The van der Waals surface area contributed by atoms with Crippen LogP contribution in [0.2, 0.25) is 0 Å². The van der Waals surface area contributed by atoms with Gasteiger partial charge in [0.15, 0.2) is 0 Å². The Morgan fingerprint density at radius 1 is 1.45 bits per heavy atom. The summed E-state index contributed by atoms with van der Waals surface area (Å²) < 4.78 is 17.5. The van der Waals surface area contributed by atoms with E-state index in [1.54, 1.807) is 7.85 Å². The van der Waals surface area contributed by atoms with Crippen LogP contribution in [0.3, 0.4) is 0 Å². The summed E-state index contributed by atoms with van der Waals surface area (Å²) in [6.45, 7) is -0.704. The Kier molecular flexibility index (Phi) is 1.35. The number of halogens is 1. The van der Waals surface area contributed by atoms with Crippen molar-refractivity contribution in [3.63, 3.8) is 0 Å². The lowest BCUT2D eigenvalue weighted by Crippen LogP contribution is -2.35. The summed E-state index contributed by atoms with van der Waals surface area (Å²) in [5, 5.41) is 18.6. The molecule has 3 nitrogen and oxygen atoms in total. The lowest BCUT2D eigenvalue weighted by Gasteiger charge is -2.18. The first-order valence-corrected chi connectivity index (χ1v) is 3.72. The summed E-state index contributed by atoms with van der Waals surface area (Å²) in [7, 11) is 1.68. The third-order valence-corrected chi connectivity index (χ3v) is 2.85. The molecule has 1 saturated carbocycles. The van der Waals surface area contributed by atoms with Crippen LogP contribution in [0.5, 0.6) is 0 Å². The summed E-state index contributed by atoms with van der Waals surface area (Å²) >= 11 is 0. The normalized spacial score (nSPS) is 61.0. The molecule has 2 rings (SSSR count). The van der Waals surface area contributed by atoms with Gasteiger partial charge >= 0.3 is 0 Å². The molecule has 0 spiro atoms. The van der Waals surface area contributed by atoms with E-state index in [1.165, 1.54) is 0 Å². The van der Waals surface area contributed by atoms with Gasteiger partial charge in [-0.1, -0.05) is 0 Å². The van der Waals surface area contributed by atoms with Crippen molar-refractivity contribution < 1.29 is 19.3 Å². The zero-order valence-corrected chi connectivity index (χ0v) is 6.20. The Balaban J connectivity index is 2.20. The second-order valence-corrected chi connectivity index (χ2v) is 3.40. The summed E-state index contributed by atoms with van der Waals surface area (Å²) in [5.74, 6) is 0. The minimum Gasteiger partial charge on any atom is -0.390 e. The zero-order valence-electron chi connectivity index (χ0n) is 6.20.